The van der Waals surface area contributed by atoms with Crippen molar-refractivity contribution in [1.29, 1.82) is 0 Å². The van der Waals surface area contributed by atoms with Crippen LogP contribution in [0.15, 0.2) is 0 Å². The van der Waals surface area contributed by atoms with E-state index >= 15 is 0 Å². The number of amides is 1. The predicted octanol–water partition coefficient (Wildman–Crippen LogP) is 0.854. The van der Waals surface area contributed by atoms with Crippen molar-refractivity contribution in [2.75, 3.05) is 7.11 Å². The fraction of sp³-hybridized carbons (Fsp3) is 0.800. The summed E-state index contributed by atoms with van der Waals surface area (Å²) in [6.45, 7) is 0. The lowest BCUT2D eigenvalue weighted by Gasteiger charge is -2.27. The third-order valence-electron chi connectivity index (χ3n) is 2.82. The maximum Gasteiger partial charge on any atom is 0.328 e. The number of hydrogen-bond donors (Lipinski definition) is 1. The normalized spacial score (nSPS) is 19.8. The fourth-order valence-corrected chi connectivity index (χ4v) is 2.06. The molecule has 0 aromatic carbocycles. The summed E-state index contributed by atoms with van der Waals surface area (Å²) >= 11 is 0. The van der Waals surface area contributed by atoms with Gasteiger partial charge in [0.2, 0.25) is 6.41 Å². The lowest BCUT2D eigenvalue weighted by molar-refractivity contribution is -0.146. The summed E-state index contributed by atoms with van der Waals surface area (Å²) in [6.07, 6.45) is 6.08. The monoisotopic (exact) mass is 199 g/mol. The molecule has 0 spiro atoms. The van der Waals surface area contributed by atoms with E-state index in [0.29, 0.717) is 6.41 Å². The van der Waals surface area contributed by atoms with Crippen LogP contribution in [0.3, 0.4) is 0 Å². The van der Waals surface area contributed by atoms with Crippen molar-refractivity contribution in [3.8, 4) is 0 Å². The van der Waals surface area contributed by atoms with Gasteiger partial charge in [-0.2, -0.15) is 0 Å². The van der Waals surface area contributed by atoms with Gasteiger partial charge in [-0.15, -0.1) is 0 Å². The molecule has 4 heteroatoms. The van der Waals surface area contributed by atoms with E-state index in [1.165, 1.54) is 13.5 Å². The van der Waals surface area contributed by atoms with Crippen molar-refractivity contribution in [1.82, 2.24) is 5.32 Å². The van der Waals surface area contributed by atoms with Crippen LogP contribution in [0.1, 0.15) is 32.1 Å². The average molecular weight is 199 g/mol. The molecule has 0 saturated heterocycles. The molecule has 0 heterocycles. The van der Waals surface area contributed by atoms with Crippen LogP contribution in [0.5, 0.6) is 0 Å². The second-order valence-corrected chi connectivity index (χ2v) is 3.68. The van der Waals surface area contributed by atoms with Gasteiger partial charge in [-0.1, -0.05) is 19.3 Å². The smallest absolute Gasteiger partial charge is 0.328 e. The number of hydrogen-bond acceptors (Lipinski definition) is 3. The van der Waals surface area contributed by atoms with Crippen molar-refractivity contribution in [3.63, 3.8) is 0 Å². The van der Waals surface area contributed by atoms with Gasteiger partial charge in [-0.25, -0.2) is 4.79 Å². The van der Waals surface area contributed by atoms with E-state index in [1.54, 1.807) is 0 Å². The number of rotatable bonds is 4. The Morgan fingerprint density at radius 1 is 1.43 bits per heavy atom. The van der Waals surface area contributed by atoms with E-state index in [2.05, 4.69) is 10.1 Å². The highest BCUT2D eigenvalue weighted by Gasteiger charge is 2.29. The number of esters is 1. The number of methoxy groups -OCH3 is 1. The Morgan fingerprint density at radius 2 is 2.07 bits per heavy atom. The minimum absolute atomic E-state index is 0.251. The molecule has 0 aromatic rings. The first kappa shape index (κ1) is 11.0. The Morgan fingerprint density at radius 3 is 2.57 bits per heavy atom. The van der Waals surface area contributed by atoms with E-state index in [0.717, 1.165) is 25.7 Å². The first-order valence-corrected chi connectivity index (χ1v) is 5.07. The first-order valence-electron chi connectivity index (χ1n) is 5.07. The molecule has 0 aromatic heterocycles. The van der Waals surface area contributed by atoms with E-state index in [-0.39, 0.29) is 11.9 Å². The van der Waals surface area contributed by atoms with Crippen LogP contribution in [-0.4, -0.2) is 25.5 Å². The molecule has 4 nitrogen and oxygen atoms in total. The van der Waals surface area contributed by atoms with E-state index in [9.17, 15) is 9.59 Å². The van der Waals surface area contributed by atoms with Gasteiger partial charge in [0.25, 0.3) is 0 Å². The Labute approximate surface area is 84.0 Å². The van der Waals surface area contributed by atoms with Gasteiger partial charge in [-0.3, -0.25) is 4.79 Å². The molecule has 1 atom stereocenters. The summed E-state index contributed by atoms with van der Waals surface area (Å²) in [5.41, 5.74) is 0. The molecule has 0 bridgehead atoms. The minimum atomic E-state index is -0.446. The summed E-state index contributed by atoms with van der Waals surface area (Å²) < 4.78 is 4.66. The molecule has 80 valence electrons. The van der Waals surface area contributed by atoms with Crippen molar-refractivity contribution >= 4 is 12.4 Å². The Kier molecular flexibility index (Phi) is 4.43. The highest BCUT2D eigenvalue weighted by Crippen LogP contribution is 2.26. The third kappa shape index (κ3) is 2.72. The van der Waals surface area contributed by atoms with Crippen LogP contribution >= 0.6 is 0 Å². The van der Waals surface area contributed by atoms with Crippen molar-refractivity contribution < 1.29 is 14.3 Å². The zero-order valence-electron chi connectivity index (χ0n) is 8.49. The Balaban J connectivity index is 2.55. The Bertz CT molecular complexity index is 200. The van der Waals surface area contributed by atoms with Gasteiger partial charge in [0, 0.05) is 0 Å². The molecule has 1 aliphatic carbocycles. The molecule has 1 N–H and O–H groups in total. The molecule has 0 radical (unpaired) electrons. The van der Waals surface area contributed by atoms with Gasteiger partial charge in [-0.05, 0) is 18.8 Å². The Hall–Kier alpha value is -1.06. The summed E-state index contributed by atoms with van der Waals surface area (Å²) in [5, 5.41) is 2.55. The second kappa shape index (κ2) is 5.62. The summed E-state index contributed by atoms with van der Waals surface area (Å²) in [6, 6.07) is -0.446. The molecule has 1 rings (SSSR count). The number of ether oxygens (including phenoxy) is 1. The molecule has 1 saturated carbocycles. The largest absolute Gasteiger partial charge is 0.467 e. The fourth-order valence-electron chi connectivity index (χ4n) is 2.06. The van der Waals surface area contributed by atoms with E-state index in [4.69, 9.17) is 0 Å². The molecule has 1 fully saturated rings. The van der Waals surface area contributed by atoms with Gasteiger partial charge >= 0.3 is 5.97 Å². The molecule has 0 aliphatic heterocycles. The molecular formula is C10H17NO3. The van der Waals surface area contributed by atoms with Crippen molar-refractivity contribution in [2.24, 2.45) is 5.92 Å². The topological polar surface area (TPSA) is 55.4 Å². The summed E-state index contributed by atoms with van der Waals surface area (Å²) in [4.78, 5) is 21.7. The number of nitrogens with one attached hydrogen (secondary N) is 1. The van der Waals surface area contributed by atoms with Crippen molar-refractivity contribution in [3.05, 3.63) is 0 Å². The minimum Gasteiger partial charge on any atom is -0.467 e. The molecule has 14 heavy (non-hydrogen) atoms. The van der Waals surface area contributed by atoms with Gasteiger partial charge in [0.05, 0.1) is 7.11 Å². The van der Waals surface area contributed by atoms with Crippen LogP contribution in [-0.2, 0) is 14.3 Å². The summed E-state index contributed by atoms with van der Waals surface area (Å²) in [5.74, 6) is -0.0783. The van der Waals surface area contributed by atoms with Gasteiger partial charge in [0.15, 0.2) is 0 Å². The zero-order chi connectivity index (χ0) is 10.4. The van der Waals surface area contributed by atoms with Crippen molar-refractivity contribution in [2.45, 2.75) is 38.1 Å². The maximum atomic E-state index is 11.4. The summed E-state index contributed by atoms with van der Waals surface area (Å²) in [7, 11) is 1.35. The molecule has 1 aliphatic rings. The number of carbonyl (C=O) groups is 2. The second-order valence-electron chi connectivity index (χ2n) is 3.68. The standard InChI is InChI=1S/C10H17NO3/c1-14-10(13)9(11-7-12)8-5-3-2-4-6-8/h7-9H,2-6H2,1H3,(H,11,12). The van der Waals surface area contributed by atoms with Crippen LogP contribution in [0.4, 0.5) is 0 Å². The lowest BCUT2D eigenvalue weighted by Crippen LogP contribution is -2.43. The SMILES string of the molecule is COC(=O)C(NC=O)C1CCCCC1. The zero-order valence-corrected chi connectivity index (χ0v) is 8.49. The van der Waals surface area contributed by atoms with Gasteiger partial charge in [0.1, 0.15) is 6.04 Å². The van der Waals surface area contributed by atoms with Crippen LogP contribution in [0, 0.1) is 5.92 Å². The van der Waals surface area contributed by atoms with E-state index < -0.39 is 6.04 Å². The quantitative estimate of drug-likeness (QED) is 0.539. The predicted molar refractivity (Wildman–Crippen MR) is 51.6 cm³/mol. The lowest BCUT2D eigenvalue weighted by atomic mass is 9.84. The van der Waals surface area contributed by atoms with Crippen LogP contribution in [0.25, 0.3) is 0 Å². The molecule has 1 amide bonds. The highest BCUT2D eigenvalue weighted by atomic mass is 16.5. The first-order chi connectivity index (χ1) is 6.79. The average Bonchev–Trinajstić information content (AvgIpc) is 2.26. The van der Waals surface area contributed by atoms with Gasteiger partial charge < -0.3 is 10.1 Å². The molecule has 1 unspecified atom stereocenters. The van der Waals surface area contributed by atoms with Crippen LogP contribution in [0.2, 0.25) is 0 Å². The van der Waals surface area contributed by atoms with Crippen LogP contribution < -0.4 is 5.32 Å². The number of carbonyl (C=O) groups excluding carboxylic acids is 2. The highest BCUT2D eigenvalue weighted by molar-refractivity contribution is 5.78. The maximum absolute atomic E-state index is 11.4. The molecular weight excluding hydrogens is 182 g/mol. The third-order valence-corrected chi connectivity index (χ3v) is 2.82. The van der Waals surface area contributed by atoms with E-state index in [1.807, 2.05) is 0 Å².